The Morgan fingerprint density at radius 1 is 1.39 bits per heavy atom. The van der Waals surface area contributed by atoms with Gasteiger partial charge in [-0.1, -0.05) is 50.6 Å². The van der Waals surface area contributed by atoms with Crippen molar-refractivity contribution in [2.24, 2.45) is 0 Å². The van der Waals surface area contributed by atoms with Crippen LogP contribution in [0.15, 0.2) is 24.3 Å². The summed E-state index contributed by atoms with van der Waals surface area (Å²) in [6, 6.07) is 7.52. The average Bonchev–Trinajstić information content (AvgIpc) is 2.26. The van der Waals surface area contributed by atoms with E-state index in [1.54, 1.807) is 11.8 Å². The minimum atomic E-state index is -0.0632. The minimum Gasteiger partial charge on any atom is -0.349 e. The van der Waals surface area contributed by atoms with Gasteiger partial charge in [-0.05, 0) is 18.6 Å². The van der Waals surface area contributed by atoms with Gasteiger partial charge < -0.3 is 5.32 Å². The topological polar surface area (TPSA) is 29.1 Å². The first-order chi connectivity index (χ1) is 8.29. The minimum absolute atomic E-state index is 0.0438. The monoisotopic (exact) mass is 285 g/mol. The highest BCUT2D eigenvalue weighted by atomic mass is 35.5. The van der Waals surface area contributed by atoms with Crippen LogP contribution in [0, 0.1) is 0 Å². The Hall–Kier alpha value is -0.670. The third-order valence-electron chi connectivity index (χ3n) is 2.39. The number of amides is 1. The predicted molar refractivity (Wildman–Crippen MR) is 80.2 cm³/mol. The summed E-state index contributed by atoms with van der Waals surface area (Å²) < 4.78 is 0.102. The summed E-state index contributed by atoms with van der Waals surface area (Å²) in [5.41, 5.74) is 0.952. The first-order valence-corrected chi connectivity index (χ1v) is 7.34. The fourth-order valence-corrected chi connectivity index (χ4v) is 2.42. The van der Waals surface area contributed by atoms with Gasteiger partial charge in [0.25, 0.3) is 0 Å². The van der Waals surface area contributed by atoms with Gasteiger partial charge >= 0.3 is 0 Å². The highest BCUT2D eigenvalue weighted by Gasteiger charge is 2.16. The molecule has 0 bridgehead atoms. The Morgan fingerprint density at radius 3 is 2.56 bits per heavy atom. The molecule has 0 aromatic heterocycles. The van der Waals surface area contributed by atoms with Crippen molar-refractivity contribution in [2.75, 3.05) is 5.75 Å². The van der Waals surface area contributed by atoms with Crippen LogP contribution >= 0.6 is 23.4 Å². The molecule has 0 spiro atoms. The molecule has 1 N–H and O–H groups in total. The van der Waals surface area contributed by atoms with E-state index in [0.717, 1.165) is 5.56 Å². The molecule has 0 saturated carbocycles. The fraction of sp³-hybridized carbons (Fsp3) is 0.500. The van der Waals surface area contributed by atoms with Crippen LogP contribution in [0.1, 0.15) is 39.3 Å². The molecule has 0 fully saturated rings. The zero-order chi connectivity index (χ0) is 13.8. The lowest BCUT2D eigenvalue weighted by atomic mass is 10.1. The molecule has 0 aliphatic heterocycles. The Morgan fingerprint density at radius 2 is 2.00 bits per heavy atom. The normalized spacial score (nSPS) is 13.2. The van der Waals surface area contributed by atoms with E-state index >= 15 is 0 Å². The van der Waals surface area contributed by atoms with Gasteiger partial charge in [-0.25, -0.2) is 0 Å². The highest BCUT2D eigenvalue weighted by Crippen LogP contribution is 2.24. The van der Waals surface area contributed by atoms with Gasteiger partial charge in [0.2, 0.25) is 5.91 Å². The maximum Gasteiger partial charge on any atom is 0.230 e. The molecule has 1 unspecified atom stereocenters. The van der Waals surface area contributed by atoms with Crippen molar-refractivity contribution in [3.05, 3.63) is 34.9 Å². The summed E-state index contributed by atoms with van der Waals surface area (Å²) in [5, 5.41) is 3.65. The number of carbonyl (C=O) groups is 1. The largest absolute Gasteiger partial charge is 0.349 e. The summed E-state index contributed by atoms with van der Waals surface area (Å²) in [5.74, 6) is 0.514. The standard InChI is InChI=1S/C14H20ClNOS/c1-10(11-7-5-6-8-12(11)15)16-13(17)9-18-14(2,3)4/h5-8,10H,9H2,1-4H3,(H,16,17). The third kappa shape index (κ3) is 5.32. The van der Waals surface area contributed by atoms with Crippen LogP contribution in [-0.2, 0) is 4.79 Å². The molecule has 4 heteroatoms. The second-order valence-electron chi connectivity index (χ2n) is 5.21. The van der Waals surface area contributed by atoms with Gasteiger partial charge in [0, 0.05) is 9.77 Å². The summed E-state index contributed by atoms with van der Waals surface area (Å²) in [6.07, 6.45) is 0. The Bertz CT molecular complexity index is 415. The summed E-state index contributed by atoms with van der Waals surface area (Å²) in [7, 11) is 0. The number of nitrogens with one attached hydrogen (secondary N) is 1. The van der Waals surface area contributed by atoms with Crippen LogP contribution in [0.2, 0.25) is 5.02 Å². The van der Waals surface area contributed by atoms with Gasteiger partial charge in [0.1, 0.15) is 0 Å². The Labute approximate surface area is 118 Å². The maximum absolute atomic E-state index is 11.8. The van der Waals surface area contributed by atoms with Crippen LogP contribution in [0.3, 0.4) is 0 Å². The SMILES string of the molecule is CC(NC(=O)CSC(C)(C)C)c1ccccc1Cl. The van der Waals surface area contributed by atoms with Crippen LogP contribution < -0.4 is 5.32 Å². The fourth-order valence-electron chi connectivity index (χ4n) is 1.47. The highest BCUT2D eigenvalue weighted by molar-refractivity contribution is 8.01. The van der Waals surface area contributed by atoms with Crippen LogP contribution in [0.25, 0.3) is 0 Å². The van der Waals surface area contributed by atoms with E-state index < -0.39 is 0 Å². The maximum atomic E-state index is 11.8. The lowest BCUT2D eigenvalue weighted by Gasteiger charge is -2.19. The van der Waals surface area contributed by atoms with E-state index in [9.17, 15) is 4.79 Å². The van der Waals surface area contributed by atoms with Crippen molar-refractivity contribution in [1.29, 1.82) is 0 Å². The Balaban J connectivity index is 2.53. The first kappa shape index (κ1) is 15.4. The number of halogens is 1. The summed E-state index contributed by atoms with van der Waals surface area (Å²) >= 11 is 7.73. The van der Waals surface area contributed by atoms with Gasteiger partial charge in [0.15, 0.2) is 0 Å². The van der Waals surface area contributed by atoms with E-state index in [2.05, 4.69) is 26.1 Å². The molecule has 1 aromatic carbocycles. The van der Waals surface area contributed by atoms with Crippen LogP contribution in [0.5, 0.6) is 0 Å². The number of hydrogen-bond acceptors (Lipinski definition) is 2. The van der Waals surface area contributed by atoms with Crippen LogP contribution in [0.4, 0.5) is 0 Å². The van der Waals surface area contributed by atoms with Crippen molar-refractivity contribution in [3.63, 3.8) is 0 Å². The molecule has 1 atom stereocenters. The molecule has 0 radical (unpaired) electrons. The zero-order valence-corrected chi connectivity index (χ0v) is 12.9. The molecule has 1 rings (SSSR count). The molecule has 0 aliphatic carbocycles. The number of thioether (sulfide) groups is 1. The molecule has 100 valence electrons. The molecule has 18 heavy (non-hydrogen) atoms. The third-order valence-corrected chi connectivity index (χ3v) is 4.00. The lowest BCUT2D eigenvalue weighted by Crippen LogP contribution is -2.29. The van der Waals surface area contributed by atoms with E-state index in [1.165, 1.54) is 0 Å². The van der Waals surface area contributed by atoms with Crippen LogP contribution in [-0.4, -0.2) is 16.4 Å². The summed E-state index contributed by atoms with van der Waals surface area (Å²) in [6.45, 7) is 8.24. The smallest absolute Gasteiger partial charge is 0.230 e. The lowest BCUT2D eigenvalue weighted by molar-refractivity contribution is -0.119. The van der Waals surface area contributed by atoms with Gasteiger partial charge in [-0.2, -0.15) is 0 Å². The predicted octanol–water partition coefficient (Wildman–Crippen LogP) is 4.05. The molecule has 0 heterocycles. The summed E-state index contributed by atoms with van der Waals surface area (Å²) in [4.78, 5) is 11.8. The second kappa shape index (κ2) is 6.48. The number of hydrogen-bond donors (Lipinski definition) is 1. The van der Waals surface area contributed by atoms with Crippen molar-refractivity contribution in [1.82, 2.24) is 5.32 Å². The molecule has 0 saturated heterocycles. The van der Waals surface area contributed by atoms with Gasteiger partial charge in [-0.15, -0.1) is 11.8 Å². The van der Waals surface area contributed by atoms with E-state index in [1.807, 2.05) is 31.2 Å². The second-order valence-corrected chi connectivity index (χ2v) is 7.42. The van der Waals surface area contributed by atoms with E-state index in [0.29, 0.717) is 10.8 Å². The van der Waals surface area contributed by atoms with Crippen molar-refractivity contribution >= 4 is 29.3 Å². The molecule has 1 amide bonds. The van der Waals surface area contributed by atoms with E-state index in [-0.39, 0.29) is 16.7 Å². The van der Waals surface area contributed by atoms with Crippen molar-refractivity contribution in [3.8, 4) is 0 Å². The number of benzene rings is 1. The number of carbonyl (C=O) groups excluding carboxylic acids is 1. The van der Waals surface area contributed by atoms with Crippen molar-refractivity contribution in [2.45, 2.75) is 38.5 Å². The average molecular weight is 286 g/mol. The Kier molecular flexibility index (Phi) is 5.54. The number of rotatable bonds is 4. The molecule has 2 nitrogen and oxygen atoms in total. The van der Waals surface area contributed by atoms with Gasteiger partial charge in [0.05, 0.1) is 11.8 Å². The molecular formula is C14H20ClNOS. The molecule has 0 aliphatic rings. The molecular weight excluding hydrogens is 266 g/mol. The quantitative estimate of drug-likeness (QED) is 0.904. The van der Waals surface area contributed by atoms with Gasteiger partial charge in [-0.3, -0.25) is 4.79 Å². The van der Waals surface area contributed by atoms with Crippen molar-refractivity contribution < 1.29 is 4.79 Å². The van der Waals surface area contributed by atoms with E-state index in [4.69, 9.17) is 11.6 Å². The molecule has 1 aromatic rings. The zero-order valence-electron chi connectivity index (χ0n) is 11.3. The first-order valence-electron chi connectivity index (χ1n) is 5.97.